The summed E-state index contributed by atoms with van der Waals surface area (Å²) in [5.74, 6) is 0.985. The lowest BCUT2D eigenvalue weighted by Crippen LogP contribution is -2.36. The van der Waals surface area contributed by atoms with E-state index in [0.717, 1.165) is 18.7 Å². The van der Waals surface area contributed by atoms with Crippen molar-refractivity contribution in [2.24, 2.45) is 0 Å². The lowest BCUT2D eigenvalue weighted by molar-refractivity contribution is 0.205. The molecule has 0 radical (unpaired) electrons. The summed E-state index contributed by atoms with van der Waals surface area (Å²) in [6, 6.07) is 7.80. The molecule has 0 aliphatic carbocycles. The number of nitrogens with one attached hydrogen (secondary N) is 1. The number of fused-ring (bicyclic) bond motifs is 1. The molecule has 1 saturated heterocycles. The van der Waals surface area contributed by atoms with Crippen LogP contribution in [0.4, 0.5) is 0 Å². The predicted octanol–water partition coefficient (Wildman–Crippen LogP) is 2.37. The molecule has 0 aromatic heterocycles. The smallest absolute Gasteiger partial charge is 0.119 e. The van der Waals surface area contributed by atoms with Crippen molar-refractivity contribution in [2.45, 2.75) is 37.8 Å². The van der Waals surface area contributed by atoms with Crippen molar-refractivity contribution >= 4 is 0 Å². The van der Waals surface area contributed by atoms with Crippen LogP contribution in [0.25, 0.3) is 0 Å². The molecule has 2 heterocycles. The van der Waals surface area contributed by atoms with Crippen molar-refractivity contribution < 1.29 is 4.74 Å². The molecule has 1 fully saturated rings. The maximum Gasteiger partial charge on any atom is 0.119 e. The van der Waals surface area contributed by atoms with E-state index >= 15 is 0 Å². The molecule has 0 amide bonds. The zero-order valence-corrected chi connectivity index (χ0v) is 12.0. The van der Waals surface area contributed by atoms with Crippen molar-refractivity contribution in [3.8, 4) is 5.75 Å². The Bertz CT molecular complexity index is 440. The van der Waals surface area contributed by atoms with Crippen LogP contribution >= 0.6 is 0 Å². The molecule has 2 aliphatic heterocycles. The lowest BCUT2D eigenvalue weighted by atomic mass is 9.88. The monoisotopic (exact) mass is 260 g/mol. The number of hydrogen-bond donors (Lipinski definition) is 1. The van der Waals surface area contributed by atoms with E-state index in [9.17, 15) is 0 Å². The van der Waals surface area contributed by atoms with E-state index in [1.165, 1.54) is 36.9 Å². The fourth-order valence-corrected chi connectivity index (χ4v) is 3.46. The Morgan fingerprint density at radius 2 is 2.32 bits per heavy atom. The van der Waals surface area contributed by atoms with Crippen LogP contribution < -0.4 is 10.1 Å². The number of likely N-dealkylation sites (N-methyl/N-ethyl adjacent to an activating group) is 1. The molecular formula is C16H24N2O. The summed E-state index contributed by atoms with van der Waals surface area (Å²) in [7, 11) is 4.00. The molecule has 19 heavy (non-hydrogen) atoms. The average molecular weight is 260 g/mol. The van der Waals surface area contributed by atoms with Gasteiger partial charge in [0.15, 0.2) is 0 Å². The van der Waals surface area contributed by atoms with Gasteiger partial charge in [-0.2, -0.15) is 0 Å². The molecule has 3 nitrogen and oxygen atoms in total. The number of hydrogen-bond acceptors (Lipinski definition) is 3. The highest BCUT2D eigenvalue weighted by Gasteiger charge is 2.28. The van der Waals surface area contributed by atoms with Gasteiger partial charge in [-0.15, -0.1) is 0 Å². The number of rotatable bonds is 3. The van der Waals surface area contributed by atoms with Gasteiger partial charge in [0, 0.05) is 18.6 Å². The van der Waals surface area contributed by atoms with Gasteiger partial charge in [0.1, 0.15) is 5.75 Å². The molecule has 3 rings (SSSR count). The molecule has 3 heteroatoms. The van der Waals surface area contributed by atoms with Gasteiger partial charge in [-0.3, -0.25) is 4.90 Å². The topological polar surface area (TPSA) is 24.5 Å². The molecular weight excluding hydrogens is 236 g/mol. The number of ether oxygens (including phenoxy) is 1. The van der Waals surface area contributed by atoms with E-state index in [4.69, 9.17) is 4.74 Å². The van der Waals surface area contributed by atoms with Crippen LogP contribution in [-0.2, 0) is 6.42 Å². The minimum atomic E-state index is 0.537. The Labute approximate surface area is 115 Å². The van der Waals surface area contributed by atoms with Crippen LogP contribution in [0, 0.1) is 0 Å². The van der Waals surface area contributed by atoms with Gasteiger partial charge in [0.05, 0.1) is 7.11 Å². The minimum Gasteiger partial charge on any atom is -0.497 e. The Kier molecular flexibility index (Phi) is 3.76. The van der Waals surface area contributed by atoms with Crippen molar-refractivity contribution in [1.29, 1.82) is 0 Å². The van der Waals surface area contributed by atoms with E-state index in [2.05, 4.69) is 35.5 Å². The van der Waals surface area contributed by atoms with Crippen LogP contribution in [0.2, 0.25) is 0 Å². The van der Waals surface area contributed by atoms with E-state index in [-0.39, 0.29) is 0 Å². The second-order valence-corrected chi connectivity index (χ2v) is 5.84. The first-order chi connectivity index (χ1) is 9.28. The summed E-state index contributed by atoms with van der Waals surface area (Å²) in [4.78, 5) is 2.50. The van der Waals surface area contributed by atoms with Crippen molar-refractivity contribution in [3.05, 3.63) is 29.3 Å². The third kappa shape index (κ3) is 2.63. The average Bonchev–Trinajstić information content (AvgIpc) is 2.94. The Morgan fingerprint density at radius 3 is 3.05 bits per heavy atom. The summed E-state index contributed by atoms with van der Waals surface area (Å²) < 4.78 is 5.40. The summed E-state index contributed by atoms with van der Waals surface area (Å²) in [6.45, 7) is 2.35. The molecule has 1 aromatic rings. The van der Waals surface area contributed by atoms with Crippen LogP contribution in [0.3, 0.4) is 0 Å². The van der Waals surface area contributed by atoms with Gasteiger partial charge in [-0.25, -0.2) is 0 Å². The second kappa shape index (κ2) is 5.51. The maximum atomic E-state index is 5.40. The Hall–Kier alpha value is -1.06. The summed E-state index contributed by atoms with van der Waals surface area (Å²) in [6.07, 6.45) is 5.02. The van der Waals surface area contributed by atoms with Crippen LogP contribution in [-0.4, -0.2) is 38.2 Å². The fourth-order valence-electron chi connectivity index (χ4n) is 3.46. The van der Waals surface area contributed by atoms with E-state index in [0.29, 0.717) is 12.1 Å². The molecule has 2 unspecified atom stereocenters. The first-order valence-electron chi connectivity index (χ1n) is 7.38. The molecule has 2 aliphatic rings. The molecule has 1 N–H and O–H groups in total. The third-order valence-electron chi connectivity index (χ3n) is 4.65. The van der Waals surface area contributed by atoms with Gasteiger partial charge < -0.3 is 10.1 Å². The van der Waals surface area contributed by atoms with Gasteiger partial charge in [-0.1, -0.05) is 6.07 Å². The fraction of sp³-hybridized carbons (Fsp3) is 0.625. The molecule has 2 atom stereocenters. The van der Waals surface area contributed by atoms with Crippen LogP contribution in [0.1, 0.15) is 36.4 Å². The first kappa shape index (κ1) is 12.9. The first-order valence-corrected chi connectivity index (χ1v) is 7.38. The van der Waals surface area contributed by atoms with Gasteiger partial charge in [0.25, 0.3) is 0 Å². The zero-order valence-electron chi connectivity index (χ0n) is 12.0. The number of benzene rings is 1. The zero-order chi connectivity index (χ0) is 13.2. The van der Waals surface area contributed by atoms with E-state index < -0.39 is 0 Å². The number of nitrogens with zero attached hydrogens (tertiary/aromatic N) is 1. The highest BCUT2D eigenvalue weighted by atomic mass is 16.5. The van der Waals surface area contributed by atoms with E-state index in [1.54, 1.807) is 7.11 Å². The SMILES string of the molecule is COc1ccc2c(c1)C(CC1CCCN1)N(C)CC2. The summed E-state index contributed by atoms with van der Waals surface area (Å²) in [5.41, 5.74) is 2.98. The Balaban J connectivity index is 1.86. The van der Waals surface area contributed by atoms with Gasteiger partial charge >= 0.3 is 0 Å². The molecule has 0 spiro atoms. The molecule has 0 bridgehead atoms. The summed E-state index contributed by atoms with van der Waals surface area (Å²) >= 11 is 0. The number of methoxy groups -OCH3 is 1. The lowest BCUT2D eigenvalue weighted by Gasteiger charge is -2.36. The molecule has 0 saturated carbocycles. The van der Waals surface area contributed by atoms with E-state index in [1.807, 2.05) is 0 Å². The second-order valence-electron chi connectivity index (χ2n) is 5.84. The van der Waals surface area contributed by atoms with Crippen molar-refractivity contribution in [2.75, 3.05) is 27.2 Å². The molecule has 104 valence electrons. The van der Waals surface area contributed by atoms with Crippen LogP contribution in [0.5, 0.6) is 5.75 Å². The minimum absolute atomic E-state index is 0.537. The Morgan fingerprint density at radius 1 is 1.42 bits per heavy atom. The standard InChI is InChI=1S/C16H24N2O/c1-18-9-7-12-5-6-14(19-2)11-15(12)16(18)10-13-4-3-8-17-13/h5-6,11,13,16-17H,3-4,7-10H2,1-2H3. The maximum absolute atomic E-state index is 5.40. The largest absolute Gasteiger partial charge is 0.497 e. The van der Waals surface area contributed by atoms with Crippen molar-refractivity contribution in [3.63, 3.8) is 0 Å². The highest BCUT2D eigenvalue weighted by Crippen LogP contribution is 2.35. The third-order valence-corrected chi connectivity index (χ3v) is 4.65. The summed E-state index contributed by atoms with van der Waals surface area (Å²) in [5, 5.41) is 3.63. The highest BCUT2D eigenvalue weighted by molar-refractivity contribution is 5.39. The van der Waals surface area contributed by atoms with Crippen LogP contribution in [0.15, 0.2) is 18.2 Å². The van der Waals surface area contributed by atoms with Gasteiger partial charge in [0.2, 0.25) is 0 Å². The molecule has 1 aromatic carbocycles. The quantitative estimate of drug-likeness (QED) is 0.903. The predicted molar refractivity (Wildman–Crippen MR) is 77.7 cm³/mol. The van der Waals surface area contributed by atoms with Gasteiger partial charge in [-0.05, 0) is 62.5 Å². The van der Waals surface area contributed by atoms with Crippen molar-refractivity contribution in [1.82, 2.24) is 10.2 Å². The normalized spacial score (nSPS) is 27.3.